The van der Waals surface area contributed by atoms with E-state index in [1.54, 1.807) is 18.2 Å². The normalized spacial score (nSPS) is 13.5. The van der Waals surface area contributed by atoms with Crippen LogP contribution in [0.1, 0.15) is 11.7 Å². The van der Waals surface area contributed by atoms with Gasteiger partial charge < -0.3 is 9.84 Å². The van der Waals surface area contributed by atoms with Gasteiger partial charge in [0.2, 0.25) is 0 Å². The molecule has 1 atom stereocenters. The Labute approximate surface area is 103 Å². The highest BCUT2D eigenvalue weighted by atomic mass is 79.9. The molecule has 0 aliphatic heterocycles. The summed E-state index contributed by atoms with van der Waals surface area (Å²) in [5.74, 6) is 0.136. The smallest absolute Gasteiger partial charge is 0.150 e. The zero-order chi connectivity index (χ0) is 12.3. The van der Waals surface area contributed by atoms with Crippen LogP contribution in [0.5, 0.6) is 5.75 Å². The Balaban J connectivity index is 3.12. The quantitative estimate of drug-likeness (QED) is 0.916. The lowest BCUT2D eigenvalue weighted by Gasteiger charge is -2.15. The largest absolute Gasteiger partial charge is 0.496 e. The molecular formula is C10H13BrO4S. The molecule has 16 heavy (non-hydrogen) atoms. The lowest BCUT2D eigenvalue weighted by atomic mass is 10.1. The molecule has 0 saturated carbocycles. The molecule has 0 spiro atoms. The Hall–Kier alpha value is -0.590. The third-order valence-corrected chi connectivity index (χ3v) is 3.64. The van der Waals surface area contributed by atoms with Crippen molar-refractivity contribution in [2.45, 2.75) is 6.10 Å². The molecule has 90 valence electrons. The Kier molecular flexibility index (Phi) is 4.35. The molecular weight excluding hydrogens is 296 g/mol. The van der Waals surface area contributed by atoms with Gasteiger partial charge >= 0.3 is 0 Å². The van der Waals surface area contributed by atoms with E-state index < -0.39 is 15.9 Å². The predicted octanol–water partition coefficient (Wildman–Crippen LogP) is 1.54. The third-order valence-electron chi connectivity index (χ3n) is 2.03. The number of aliphatic hydroxyl groups is 1. The standard InChI is InChI=1S/C10H13BrO4S/c1-15-9-5-3-4-7(11)10(9)8(12)6-16(2,13)14/h3-5,8,12H,6H2,1-2H3. The molecule has 0 radical (unpaired) electrons. The van der Waals surface area contributed by atoms with Crippen LogP contribution in [0.15, 0.2) is 22.7 Å². The zero-order valence-corrected chi connectivity index (χ0v) is 11.4. The van der Waals surface area contributed by atoms with E-state index in [1.807, 2.05) is 0 Å². The summed E-state index contributed by atoms with van der Waals surface area (Å²) in [6.45, 7) is 0. The Morgan fingerprint density at radius 1 is 1.50 bits per heavy atom. The number of aliphatic hydroxyl groups excluding tert-OH is 1. The van der Waals surface area contributed by atoms with Gasteiger partial charge in [0.15, 0.2) is 0 Å². The lowest BCUT2D eigenvalue weighted by molar-refractivity contribution is 0.196. The minimum absolute atomic E-state index is 0.327. The van der Waals surface area contributed by atoms with Crippen LogP contribution in [0.3, 0.4) is 0 Å². The summed E-state index contributed by atoms with van der Waals surface area (Å²) < 4.78 is 27.9. The first-order chi connectivity index (χ1) is 7.35. The molecule has 1 rings (SSSR count). The van der Waals surface area contributed by atoms with Crippen LogP contribution in [0.4, 0.5) is 0 Å². The van der Waals surface area contributed by atoms with Gasteiger partial charge in [0, 0.05) is 16.3 Å². The number of rotatable bonds is 4. The summed E-state index contributed by atoms with van der Waals surface area (Å²) in [5, 5.41) is 9.86. The van der Waals surface area contributed by atoms with Crippen molar-refractivity contribution < 1.29 is 18.3 Å². The minimum atomic E-state index is -3.24. The SMILES string of the molecule is COc1cccc(Br)c1C(O)CS(C)(=O)=O. The van der Waals surface area contributed by atoms with Crippen LogP contribution in [0.25, 0.3) is 0 Å². The second-order valence-electron chi connectivity index (χ2n) is 3.46. The van der Waals surface area contributed by atoms with E-state index in [0.29, 0.717) is 15.8 Å². The monoisotopic (exact) mass is 308 g/mol. The van der Waals surface area contributed by atoms with Gasteiger partial charge in [-0.1, -0.05) is 22.0 Å². The van der Waals surface area contributed by atoms with E-state index in [2.05, 4.69) is 15.9 Å². The van der Waals surface area contributed by atoms with Crippen molar-refractivity contribution in [1.82, 2.24) is 0 Å². The van der Waals surface area contributed by atoms with Crippen molar-refractivity contribution in [2.24, 2.45) is 0 Å². The number of halogens is 1. The van der Waals surface area contributed by atoms with Crippen LogP contribution < -0.4 is 4.74 Å². The van der Waals surface area contributed by atoms with Crippen LogP contribution in [0.2, 0.25) is 0 Å². The molecule has 4 nitrogen and oxygen atoms in total. The van der Waals surface area contributed by atoms with Gasteiger partial charge in [-0.15, -0.1) is 0 Å². The second kappa shape index (κ2) is 5.16. The fraction of sp³-hybridized carbons (Fsp3) is 0.400. The number of ether oxygens (including phenoxy) is 1. The summed E-state index contributed by atoms with van der Waals surface area (Å²) in [4.78, 5) is 0. The first-order valence-electron chi connectivity index (χ1n) is 4.53. The fourth-order valence-corrected chi connectivity index (χ4v) is 2.74. The van der Waals surface area contributed by atoms with Crippen LogP contribution in [-0.2, 0) is 9.84 Å². The third kappa shape index (κ3) is 3.47. The molecule has 6 heteroatoms. The van der Waals surface area contributed by atoms with E-state index in [1.165, 1.54) is 7.11 Å². The Morgan fingerprint density at radius 3 is 2.62 bits per heavy atom. The van der Waals surface area contributed by atoms with E-state index in [0.717, 1.165) is 6.26 Å². The maximum atomic E-state index is 11.1. The van der Waals surface area contributed by atoms with E-state index in [4.69, 9.17) is 4.74 Å². The first kappa shape index (κ1) is 13.5. The van der Waals surface area contributed by atoms with Crippen LogP contribution >= 0.6 is 15.9 Å². The molecule has 1 unspecified atom stereocenters. The number of hydrogen-bond acceptors (Lipinski definition) is 4. The summed E-state index contributed by atoms with van der Waals surface area (Å²) in [6.07, 6.45) is -0.0139. The summed E-state index contributed by atoms with van der Waals surface area (Å²) in [6, 6.07) is 5.15. The molecule has 0 saturated heterocycles. The Bertz CT molecular complexity index is 470. The summed E-state index contributed by atoms with van der Waals surface area (Å²) >= 11 is 3.26. The molecule has 0 fully saturated rings. The first-order valence-corrected chi connectivity index (χ1v) is 7.38. The number of hydrogen-bond donors (Lipinski definition) is 1. The zero-order valence-electron chi connectivity index (χ0n) is 8.97. The van der Waals surface area contributed by atoms with Gasteiger partial charge in [-0.05, 0) is 12.1 Å². The van der Waals surface area contributed by atoms with Gasteiger partial charge in [-0.2, -0.15) is 0 Å². The maximum absolute atomic E-state index is 11.1. The van der Waals surface area contributed by atoms with Gasteiger partial charge in [0.25, 0.3) is 0 Å². The van der Waals surface area contributed by atoms with Gasteiger partial charge in [0.05, 0.1) is 19.0 Å². The molecule has 0 aliphatic carbocycles. The number of sulfone groups is 1. The van der Waals surface area contributed by atoms with E-state index in [9.17, 15) is 13.5 Å². The molecule has 0 aliphatic rings. The van der Waals surface area contributed by atoms with Crippen molar-refractivity contribution in [1.29, 1.82) is 0 Å². The highest BCUT2D eigenvalue weighted by Gasteiger charge is 2.20. The highest BCUT2D eigenvalue weighted by Crippen LogP contribution is 2.32. The van der Waals surface area contributed by atoms with Crippen molar-refractivity contribution >= 4 is 25.8 Å². The Morgan fingerprint density at radius 2 is 2.12 bits per heavy atom. The average Bonchev–Trinajstić information content (AvgIpc) is 2.14. The van der Waals surface area contributed by atoms with Crippen LogP contribution in [-0.4, -0.2) is 32.6 Å². The van der Waals surface area contributed by atoms with E-state index in [-0.39, 0.29) is 5.75 Å². The van der Waals surface area contributed by atoms with Crippen molar-refractivity contribution in [3.8, 4) is 5.75 Å². The highest BCUT2D eigenvalue weighted by molar-refractivity contribution is 9.10. The van der Waals surface area contributed by atoms with Gasteiger partial charge in [-0.3, -0.25) is 0 Å². The summed E-state index contributed by atoms with van der Waals surface area (Å²) in [7, 11) is -1.77. The molecule has 1 aromatic carbocycles. The predicted molar refractivity (Wildman–Crippen MR) is 65.4 cm³/mol. The maximum Gasteiger partial charge on any atom is 0.150 e. The molecule has 0 amide bonds. The van der Waals surface area contributed by atoms with Crippen molar-refractivity contribution in [3.05, 3.63) is 28.2 Å². The molecule has 0 heterocycles. The van der Waals surface area contributed by atoms with Crippen molar-refractivity contribution in [2.75, 3.05) is 19.1 Å². The molecule has 1 N–H and O–H groups in total. The molecule has 0 aromatic heterocycles. The lowest BCUT2D eigenvalue weighted by Crippen LogP contribution is -2.14. The van der Waals surface area contributed by atoms with Crippen molar-refractivity contribution in [3.63, 3.8) is 0 Å². The number of benzene rings is 1. The topological polar surface area (TPSA) is 63.6 Å². The van der Waals surface area contributed by atoms with Gasteiger partial charge in [0.1, 0.15) is 15.6 Å². The number of methoxy groups -OCH3 is 1. The summed E-state index contributed by atoms with van der Waals surface area (Å²) in [5.41, 5.74) is 0.454. The molecule has 1 aromatic rings. The van der Waals surface area contributed by atoms with Crippen LogP contribution in [0, 0.1) is 0 Å². The van der Waals surface area contributed by atoms with E-state index >= 15 is 0 Å². The average molecular weight is 309 g/mol. The van der Waals surface area contributed by atoms with Gasteiger partial charge in [-0.25, -0.2) is 8.42 Å². The minimum Gasteiger partial charge on any atom is -0.496 e. The fourth-order valence-electron chi connectivity index (χ4n) is 1.39. The molecule has 0 bridgehead atoms. The second-order valence-corrected chi connectivity index (χ2v) is 6.50.